The lowest BCUT2D eigenvalue weighted by atomic mass is 9.87. The van der Waals surface area contributed by atoms with Crippen LogP contribution < -0.4 is 5.32 Å². The molecule has 6 nitrogen and oxygen atoms in total. The number of carboxylic acid groups (broad SMARTS) is 1. The predicted molar refractivity (Wildman–Crippen MR) is 73.4 cm³/mol. The van der Waals surface area contributed by atoms with Crippen molar-refractivity contribution >= 4 is 11.9 Å². The van der Waals surface area contributed by atoms with E-state index >= 15 is 0 Å². The Kier molecular flexibility index (Phi) is 4.65. The Hall–Kier alpha value is -1.14. The second-order valence-electron chi connectivity index (χ2n) is 5.94. The number of rotatable bonds is 4. The molecule has 1 amide bonds. The van der Waals surface area contributed by atoms with Crippen LogP contribution >= 0.6 is 0 Å². The fourth-order valence-corrected chi connectivity index (χ4v) is 3.18. The van der Waals surface area contributed by atoms with Gasteiger partial charge in [0.15, 0.2) is 0 Å². The number of piperazine rings is 1. The number of aliphatic carboxylic acids is 1. The molecule has 0 radical (unpaired) electrons. The molecule has 3 unspecified atom stereocenters. The third-order valence-electron chi connectivity index (χ3n) is 4.53. The lowest BCUT2D eigenvalue weighted by Gasteiger charge is -2.46. The van der Waals surface area contributed by atoms with Gasteiger partial charge in [-0.2, -0.15) is 0 Å². The summed E-state index contributed by atoms with van der Waals surface area (Å²) in [5.41, 5.74) is -0.162. The van der Waals surface area contributed by atoms with Gasteiger partial charge in [-0.3, -0.25) is 14.5 Å². The van der Waals surface area contributed by atoms with E-state index in [9.17, 15) is 9.59 Å². The summed E-state index contributed by atoms with van der Waals surface area (Å²) in [5, 5.41) is 11.8. The molecule has 2 heterocycles. The molecule has 2 N–H and O–H groups in total. The fourth-order valence-electron chi connectivity index (χ4n) is 3.18. The average Bonchev–Trinajstić information content (AvgIpc) is 2.41. The highest BCUT2D eigenvalue weighted by molar-refractivity contribution is 5.86. The first-order chi connectivity index (χ1) is 9.45. The molecular weight excluding hydrogens is 260 g/mol. The zero-order valence-electron chi connectivity index (χ0n) is 12.2. The van der Waals surface area contributed by atoms with E-state index < -0.39 is 12.0 Å². The summed E-state index contributed by atoms with van der Waals surface area (Å²) in [5.74, 6) is -1.09. The first-order valence-corrected chi connectivity index (χ1v) is 7.34. The fraction of sp³-hybridized carbons (Fsp3) is 0.857. The largest absolute Gasteiger partial charge is 0.481 e. The Morgan fingerprint density at radius 3 is 3.00 bits per heavy atom. The van der Waals surface area contributed by atoms with Crippen molar-refractivity contribution in [1.82, 2.24) is 10.2 Å². The topological polar surface area (TPSA) is 78.9 Å². The smallest absolute Gasteiger partial charge is 0.305 e. The average molecular weight is 284 g/mol. The van der Waals surface area contributed by atoms with E-state index in [1.165, 1.54) is 0 Å². The molecule has 0 spiro atoms. The van der Waals surface area contributed by atoms with Crippen molar-refractivity contribution in [3.63, 3.8) is 0 Å². The number of nitrogens with one attached hydrogen (secondary N) is 1. The van der Waals surface area contributed by atoms with E-state index in [0.717, 1.165) is 19.3 Å². The van der Waals surface area contributed by atoms with E-state index in [-0.39, 0.29) is 24.0 Å². The third kappa shape index (κ3) is 3.30. The molecule has 0 saturated carbocycles. The second-order valence-corrected chi connectivity index (χ2v) is 5.94. The van der Waals surface area contributed by atoms with Crippen molar-refractivity contribution in [1.29, 1.82) is 0 Å². The number of carboxylic acids is 1. The van der Waals surface area contributed by atoms with Crippen LogP contribution in [0.2, 0.25) is 0 Å². The maximum atomic E-state index is 12.0. The molecule has 0 aliphatic carbocycles. The van der Waals surface area contributed by atoms with Gasteiger partial charge in [-0.1, -0.05) is 6.92 Å². The first-order valence-electron chi connectivity index (χ1n) is 7.34. The van der Waals surface area contributed by atoms with Gasteiger partial charge in [-0.05, 0) is 26.2 Å². The number of hydrogen-bond donors (Lipinski definition) is 2. The summed E-state index contributed by atoms with van der Waals surface area (Å²) in [7, 11) is 0. The summed E-state index contributed by atoms with van der Waals surface area (Å²) in [6, 6.07) is -0.324. The molecule has 114 valence electrons. The van der Waals surface area contributed by atoms with Crippen LogP contribution in [0.5, 0.6) is 0 Å². The molecule has 20 heavy (non-hydrogen) atoms. The van der Waals surface area contributed by atoms with Gasteiger partial charge in [0.1, 0.15) is 0 Å². The van der Waals surface area contributed by atoms with Crippen LogP contribution in [-0.4, -0.2) is 59.3 Å². The van der Waals surface area contributed by atoms with Crippen molar-refractivity contribution in [3.05, 3.63) is 0 Å². The Morgan fingerprint density at radius 1 is 1.60 bits per heavy atom. The lowest BCUT2D eigenvalue weighted by Crippen LogP contribution is -2.61. The van der Waals surface area contributed by atoms with Gasteiger partial charge in [0, 0.05) is 25.7 Å². The molecule has 0 bridgehead atoms. The standard InChI is InChI=1S/C14H24N2O4/c1-3-14(2)9-10(4-7-20-14)16-6-5-15-13(19)11(16)8-12(17)18/h10-11H,3-9H2,1-2H3,(H,15,19)(H,17,18). The van der Waals surface area contributed by atoms with Crippen LogP contribution in [0.1, 0.15) is 39.5 Å². The van der Waals surface area contributed by atoms with Crippen molar-refractivity contribution in [3.8, 4) is 0 Å². The monoisotopic (exact) mass is 284 g/mol. The molecule has 2 aliphatic rings. The summed E-state index contributed by atoms with van der Waals surface area (Å²) >= 11 is 0. The molecule has 3 atom stereocenters. The Balaban J connectivity index is 2.11. The van der Waals surface area contributed by atoms with Crippen molar-refractivity contribution in [2.75, 3.05) is 19.7 Å². The van der Waals surface area contributed by atoms with Gasteiger partial charge in [-0.15, -0.1) is 0 Å². The van der Waals surface area contributed by atoms with E-state index in [1.54, 1.807) is 0 Å². The van der Waals surface area contributed by atoms with Gasteiger partial charge >= 0.3 is 5.97 Å². The van der Waals surface area contributed by atoms with E-state index in [0.29, 0.717) is 19.7 Å². The van der Waals surface area contributed by atoms with Crippen LogP contribution in [0, 0.1) is 0 Å². The van der Waals surface area contributed by atoms with Crippen molar-refractivity contribution < 1.29 is 19.4 Å². The molecule has 2 rings (SSSR count). The third-order valence-corrected chi connectivity index (χ3v) is 4.53. The normalized spacial score (nSPS) is 35.6. The van der Waals surface area contributed by atoms with Crippen molar-refractivity contribution in [2.45, 2.75) is 57.2 Å². The molecule has 0 aromatic carbocycles. The minimum absolute atomic E-state index is 0.133. The number of hydrogen-bond acceptors (Lipinski definition) is 4. The van der Waals surface area contributed by atoms with Gasteiger partial charge < -0.3 is 15.2 Å². The Labute approximate surface area is 119 Å². The number of carbonyl (C=O) groups is 2. The van der Waals surface area contributed by atoms with Crippen LogP contribution in [0.15, 0.2) is 0 Å². The summed E-state index contributed by atoms with van der Waals surface area (Å²) in [4.78, 5) is 25.0. The Bertz CT molecular complexity index is 387. The van der Waals surface area contributed by atoms with Crippen LogP contribution in [0.4, 0.5) is 0 Å². The summed E-state index contributed by atoms with van der Waals surface area (Å²) in [6.45, 7) is 6.17. The summed E-state index contributed by atoms with van der Waals surface area (Å²) in [6.07, 6.45) is 2.51. The summed E-state index contributed by atoms with van der Waals surface area (Å²) < 4.78 is 5.84. The number of carbonyl (C=O) groups excluding carboxylic acids is 1. The van der Waals surface area contributed by atoms with Gasteiger partial charge in [0.2, 0.25) is 5.91 Å². The number of nitrogens with zero attached hydrogens (tertiary/aromatic N) is 1. The highest BCUT2D eigenvalue weighted by Gasteiger charge is 2.40. The number of amides is 1. The highest BCUT2D eigenvalue weighted by Crippen LogP contribution is 2.32. The minimum Gasteiger partial charge on any atom is -0.481 e. The predicted octanol–water partition coefficient (Wildman–Crippen LogP) is 0.609. The van der Waals surface area contributed by atoms with Gasteiger partial charge in [0.05, 0.1) is 18.1 Å². The zero-order valence-corrected chi connectivity index (χ0v) is 12.2. The molecule has 6 heteroatoms. The lowest BCUT2D eigenvalue weighted by molar-refractivity contribution is -0.147. The molecule has 2 saturated heterocycles. The molecule has 0 aromatic rings. The molecular formula is C14H24N2O4. The quantitative estimate of drug-likeness (QED) is 0.791. The van der Waals surface area contributed by atoms with E-state index in [1.807, 2.05) is 0 Å². The molecule has 2 fully saturated rings. The minimum atomic E-state index is -0.928. The van der Waals surface area contributed by atoms with Crippen LogP contribution in [0.3, 0.4) is 0 Å². The van der Waals surface area contributed by atoms with Crippen molar-refractivity contribution in [2.24, 2.45) is 0 Å². The van der Waals surface area contributed by atoms with Crippen LogP contribution in [0.25, 0.3) is 0 Å². The van der Waals surface area contributed by atoms with E-state index in [4.69, 9.17) is 9.84 Å². The highest BCUT2D eigenvalue weighted by atomic mass is 16.5. The molecule has 2 aliphatic heterocycles. The zero-order chi connectivity index (χ0) is 14.8. The van der Waals surface area contributed by atoms with Crippen LogP contribution in [-0.2, 0) is 14.3 Å². The second kappa shape index (κ2) is 6.10. The van der Waals surface area contributed by atoms with E-state index in [2.05, 4.69) is 24.1 Å². The maximum Gasteiger partial charge on any atom is 0.305 e. The SMILES string of the molecule is CCC1(C)CC(N2CCNC(=O)C2CC(=O)O)CCO1. The molecule has 0 aromatic heterocycles. The number of ether oxygens (including phenoxy) is 1. The maximum absolute atomic E-state index is 12.0. The first kappa shape index (κ1) is 15.3. The van der Waals surface area contributed by atoms with Gasteiger partial charge in [0.25, 0.3) is 0 Å². The Morgan fingerprint density at radius 2 is 2.35 bits per heavy atom. The van der Waals surface area contributed by atoms with Gasteiger partial charge in [-0.25, -0.2) is 0 Å².